The molecular weight excluding hydrogens is 224 g/mol. The topological polar surface area (TPSA) is 81.1 Å². The highest BCUT2D eigenvalue weighted by atomic mass is 16.4. The van der Waals surface area contributed by atoms with Crippen LogP contribution in [0.5, 0.6) is 5.75 Å². The fourth-order valence-electron chi connectivity index (χ4n) is 1.31. The summed E-state index contributed by atoms with van der Waals surface area (Å²) in [5.74, 6) is -0.964. The second kappa shape index (κ2) is 5.20. The van der Waals surface area contributed by atoms with Crippen LogP contribution >= 0.6 is 0 Å². The second-order valence-electron chi connectivity index (χ2n) is 3.61. The van der Waals surface area contributed by atoms with E-state index in [9.17, 15) is 9.59 Å². The molecule has 0 fully saturated rings. The zero-order valence-corrected chi connectivity index (χ0v) is 9.62. The van der Waals surface area contributed by atoms with Gasteiger partial charge >= 0.3 is 12.0 Å². The predicted molar refractivity (Wildman–Crippen MR) is 62.2 cm³/mol. The van der Waals surface area contributed by atoms with Crippen molar-refractivity contribution in [3.8, 4) is 5.75 Å². The van der Waals surface area contributed by atoms with E-state index in [0.29, 0.717) is 5.69 Å². The average Bonchev–Trinajstić information content (AvgIpc) is 2.27. The number of urea groups is 1. The molecule has 0 bridgehead atoms. The van der Waals surface area contributed by atoms with Gasteiger partial charge < -0.3 is 15.1 Å². The molecule has 2 N–H and O–H groups in total. The lowest BCUT2D eigenvalue weighted by Gasteiger charge is -2.23. The SMILES string of the molecule is CN(CC(=O)O)C(=O)N(C)c1ccc(O)cc1. The lowest BCUT2D eigenvalue weighted by Crippen LogP contribution is -2.41. The molecule has 0 aliphatic carbocycles. The minimum Gasteiger partial charge on any atom is -0.508 e. The first-order valence-electron chi connectivity index (χ1n) is 4.91. The Balaban J connectivity index is 2.75. The number of carbonyl (C=O) groups excluding carboxylic acids is 1. The molecule has 0 aliphatic rings. The molecule has 92 valence electrons. The summed E-state index contributed by atoms with van der Waals surface area (Å²) in [6, 6.07) is 5.62. The van der Waals surface area contributed by atoms with Crippen LogP contribution in [-0.4, -0.2) is 47.8 Å². The van der Waals surface area contributed by atoms with Gasteiger partial charge in [0.05, 0.1) is 0 Å². The summed E-state index contributed by atoms with van der Waals surface area (Å²) >= 11 is 0. The number of nitrogens with zero attached hydrogens (tertiary/aromatic N) is 2. The van der Waals surface area contributed by atoms with E-state index in [2.05, 4.69) is 0 Å². The predicted octanol–water partition coefficient (Wildman–Crippen LogP) is 0.965. The third-order valence-corrected chi connectivity index (χ3v) is 2.22. The van der Waals surface area contributed by atoms with Gasteiger partial charge in [-0.15, -0.1) is 0 Å². The Morgan fingerprint density at radius 2 is 1.71 bits per heavy atom. The van der Waals surface area contributed by atoms with Crippen LogP contribution < -0.4 is 4.90 Å². The van der Waals surface area contributed by atoms with E-state index in [1.165, 1.54) is 31.1 Å². The minimum absolute atomic E-state index is 0.105. The lowest BCUT2D eigenvalue weighted by molar-refractivity contribution is -0.137. The zero-order valence-electron chi connectivity index (χ0n) is 9.62. The number of carboxylic acids is 1. The number of hydrogen-bond donors (Lipinski definition) is 2. The second-order valence-corrected chi connectivity index (χ2v) is 3.61. The summed E-state index contributed by atoms with van der Waals surface area (Å²) in [7, 11) is 2.94. The van der Waals surface area contributed by atoms with Crippen LogP contribution in [0.25, 0.3) is 0 Å². The maximum Gasteiger partial charge on any atom is 0.324 e. The first-order valence-corrected chi connectivity index (χ1v) is 4.91. The van der Waals surface area contributed by atoms with Gasteiger partial charge in [-0.25, -0.2) is 4.79 Å². The van der Waals surface area contributed by atoms with Crippen molar-refractivity contribution in [2.75, 3.05) is 25.5 Å². The van der Waals surface area contributed by atoms with Crippen molar-refractivity contribution in [3.05, 3.63) is 24.3 Å². The van der Waals surface area contributed by atoms with Crippen molar-refractivity contribution in [1.82, 2.24) is 4.90 Å². The number of phenolic OH excluding ortho intramolecular Hbond substituents is 1. The van der Waals surface area contributed by atoms with Gasteiger partial charge in [0.2, 0.25) is 0 Å². The van der Waals surface area contributed by atoms with Gasteiger partial charge in [-0.1, -0.05) is 0 Å². The van der Waals surface area contributed by atoms with Crippen molar-refractivity contribution in [2.24, 2.45) is 0 Å². The number of anilines is 1. The number of amides is 2. The number of rotatable bonds is 3. The summed E-state index contributed by atoms with van der Waals surface area (Å²) < 4.78 is 0. The summed E-state index contributed by atoms with van der Waals surface area (Å²) in [6.45, 7) is -0.360. The normalized spacial score (nSPS) is 9.76. The Morgan fingerprint density at radius 3 is 2.18 bits per heavy atom. The summed E-state index contributed by atoms with van der Waals surface area (Å²) in [6.07, 6.45) is 0. The van der Waals surface area contributed by atoms with Crippen molar-refractivity contribution < 1.29 is 19.8 Å². The molecular formula is C11H14N2O4. The Morgan fingerprint density at radius 1 is 1.18 bits per heavy atom. The van der Waals surface area contributed by atoms with Gasteiger partial charge in [0.1, 0.15) is 12.3 Å². The average molecular weight is 238 g/mol. The standard InChI is InChI=1S/C11H14N2O4/c1-12(7-10(15)16)11(17)13(2)8-3-5-9(14)6-4-8/h3-6,14H,7H2,1-2H3,(H,15,16). The lowest BCUT2D eigenvalue weighted by atomic mass is 10.3. The number of hydrogen-bond acceptors (Lipinski definition) is 3. The molecule has 0 spiro atoms. The van der Waals surface area contributed by atoms with Gasteiger partial charge in [-0.05, 0) is 24.3 Å². The first-order chi connectivity index (χ1) is 7.91. The number of phenols is 1. The molecule has 1 aromatic rings. The molecule has 2 amide bonds. The van der Waals surface area contributed by atoms with E-state index in [1.54, 1.807) is 12.1 Å². The summed E-state index contributed by atoms with van der Waals surface area (Å²) in [4.78, 5) is 24.7. The number of carboxylic acid groups (broad SMARTS) is 1. The molecule has 0 aliphatic heterocycles. The number of benzene rings is 1. The maximum atomic E-state index is 11.8. The van der Waals surface area contributed by atoms with Crippen LogP contribution in [-0.2, 0) is 4.79 Å². The molecule has 0 atom stereocenters. The van der Waals surface area contributed by atoms with Gasteiger partial charge in [0.15, 0.2) is 0 Å². The Labute approximate surface area is 98.7 Å². The van der Waals surface area contributed by atoms with Crippen LogP contribution in [0.4, 0.5) is 10.5 Å². The van der Waals surface area contributed by atoms with E-state index < -0.39 is 12.0 Å². The molecule has 0 aromatic heterocycles. The van der Waals surface area contributed by atoms with Crippen LogP contribution in [0, 0.1) is 0 Å². The minimum atomic E-state index is -1.07. The number of aliphatic carboxylic acids is 1. The molecule has 0 radical (unpaired) electrons. The third-order valence-electron chi connectivity index (χ3n) is 2.22. The van der Waals surface area contributed by atoms with Gasteiger partial charge in [0, 0.05) is 19.8 Å². The first kappa shape index (κ1) is 12.8. The van der Waals surface area contributed by atoms with Crippen molar-refractivity contribution in [2.45, 2.75) is 0 Å². The molecule has 0 heterocycles. The third kappa shape index (κ3) is 3.37. The fraction of sp³-hybridized carbons (Fsp3) is 0.273. The highest BCUT2D eigenvalue weighted by Gasteiger charge is 2.17. The molecule has 6 heteroatoms. The molecule has 0 unspecified atom stereocenters. The monoisotopic (exact) mass is 238 g/mol. The van der Waals surface area contributed by atoms with Crippen LogP contribution in [0.2, 0.25) is 0 Å². The van der Waals surface area contributed by atoms with E-state index in [4.69, 9.17) is 10.2 Å². The molecule has 6 nitrogen and oxygen atoms in total. The quantitative estimate of drug-likeness (QED) is 0.822. The molecule has 17 heavy (non-hydrogen) atoms. The Bertz CT molecular complexity index is 416. The highest BCUT2D eigenvalue weighted by Crippen LogP contribution is 2.17. The Kier molecular flexibility index (Phi) is 3.92. The Hall–Kier alpha value is -2.24. The largest absolute Gasteiger partial charge is 0.508 e. The smallest absolute Gasteiger partial charge is 0.324 e. The van der Waals surface area contributed by atoms with Crippen LogP contribution in [0.15, 0.2) is 24.3 Å². The van der Waals surface area contributed by atoms with E-state index in [0.717, 1.165) is 4.90 Å². The molecule has 1 rings (SSSR count). The van der Waals surface area contributed by atoms with E-state index >= 15 is 0 Å². The van der Waals surface area contributed by atoms with Gasteiger partial charge in [-0.3, -0.25) is 9.69 Å². The van der Waals surface area contributed by atoms with Crippen LogP contribution in [0.1, 0.15) is 0 Å². The van der Waals surface area contributed by atoms with Crippen molar-refractivity contribution in [1.29, 1.82) is 0 Å². The zero-order chi connectivity index (χ0) is 13.0. The van der Waals surface area contributed by atoms with E-state index in [1.807, 2.05) is 0 Å². The fourth-order valence-corrected chi connectivity index (χ4v) is 1.31. The van der Waals surface area contributed by atoms with Crippen molar-refractivity contribution >= 4 is 17.7 Å². The van der Waals surface area contributed by atoms with Gasteiger partial charge in [-0.2, -0.15) is 0 Å². The maximum absolute atomic E-state index is 11.8. The molecule has 0 saturated carbocycles. The molecule has 0 saturated heterocycles. The van der Waals surface area contributed by atoms with E-state index in [-0.39, 0.29) is 12.3 Å². The van der Waals surface area contributed by atoms with Gasteiger partial charge in [0.25, 0.3) is 0 Å². The van der Waals surface area contributed by atoms with Crippen molar-refractivity contribution in [3.63, 3.8) is 0 Å². The number of carbonyl (C=O) groups is 2. The highest BCUT2D eigenvalue weighted by molar-refractivity contribution is 5.93. The van der Waals surface area contributed by atoms with Crippen LogP contribution in [0.3, 0.4) is 0 Å². The number of likely N-dealkylation sites (N-methyl/N-ethyl adjacent to an activating group) is 1. The summed E-state index contributed by atoms with van der Waals surface area (Å²) in [5.41, 5.74) is 0.574. The molecule has 1 aromatic carbocycles. The summed E-state index contributed by atoms with van der Waals surface area (Å²) in [5, 5.41) is 17.7. The number of aromatic hydroxyl groups is 1.